The van der Waals surface area contributed by atoms with Gasteiger partial charge in [-0.15, -0.1) is 10.2 Å². The SMILES string of the molecule is CC(NC(=O)OCc1ccccc1)C(Sc1nn[nH]n1)(c1ccccc1)c1ccccc1. The van der Waals surface area contributed by atoms with E-state index in [1.807, 2.05) is 97.9 Å². The molecule has 32 heavy (non-hydrogen) atoms. The van der Waals surface area contributed by atoms with Crippen LogP contribution in [0.4, 0.5) is 4.79 Å². The summed E-state index contributed by atoms with van der Waals surface area (Å²) in [4.78, 5) is 12.7. The number of ether oxygens (including phenoxy) is 1. The van der Waals surface area contributed by atoms with Gasteiger partial charge in [0.2, 0.25) is 5.16 Å². The highest BCUT2D eigenvalue weighted by molar-refractivity contribution is 8.00. The van der Waals surface area contributed by atoms with E-state index in [2.05, 4.69) is 25.9 Å². The van der Waals surface area contributed by atoms with Crippen LogP contribution < -0.4 is 5.32 Å². The zero-order valence-corrected chi connectivity index (χ0v) is 18.3. The van der Waals surface area contributed by atoms with E-state index in [1.165, 1.54) is 11.8 Å². The highest BCUT2D eigenvalue weighted by atomic mass is 32.2. The number of carbonyl (C=O) groups excluding carboxylic acids is 1. The van der Waals surface area contributed by atoms with Crippen molar-refractivity contribution in [2.45, 2.75) is 29.5 Å². The summed E-state index contributed by atoms with van der Waals surface area (Å²) in [6.07, 6.45) is -0.494. The van der Waals surface area contributed by atoms with Crippen LogP contribution in [0.15, 0.2) is 96.2 Å². The number of aromatic nitrogens is 4. The molecule has 1 aromatic heterocycles. The van der Waals surface area contributed by atoms with E-state index in [0.29, 0.717) is 5.16 Å². The van der Waals surface area contributed by atoms with Gasteiger partial charge in [-0.25, -0.2) is 4.79 Å². The third-order valence-electron chi connectivity index (χ3n) is 5.14. The smallest absolute Gasteiger partial charge is 0.407 e. The molecule has 1 heterocycles. The third-order valence-corrected chi connectivity index (χ3v) is 6.64. The Hall–Kier alpha value is -3.65. The van der Waals surface area contributed by atoms with E-state index in [0.717, 1.165) is 16.7 Å². The lowest BCUT2D eigenvalue weighted by molar-refractivity contribution is 0.135. The van der Waals surface area contributed by atoms with Gasteiger partial charge in [0, 0.05) is 0 Å². The van der Waals surface area contributed by atoms with Crippen LogP contribution in [0.3, 0.4) is 0 Å². The first kappa shape index (κ1) is 21.6. The molecular formula is C24H23N5O2S. The standard InChI is InChI=1S/C24H23N5O2S/c1-18(25-23(30)31-17-19-11-5-2-6-12-19)24(20-13-7-3-8-14-20,21-15-9-4-10-16-21)32-22-26-28-29-27-22/h2-16,18H,17H2,1H3,(H,25,30)(H,26,27,28,29). The first-order valence-electron chi connectivity index (χ1n) is 10.2. The number of nitrogens with zero attached hydrogens (tertiary/aromatic N) is 3. The van der Waals surface area contributed by atoms with Crippen molar-refractivity contribution in [1.29, 1.82) is 0 Å². The van der Waals surface area contributed by atoms with Gasteiger partial charge in [-0.2, -0.15) is 5.21 Å². The van der Waals surface area contributed by atoms with Crippen LogP contribution in [-0.4, -0.2) is 32.8 Å². The molecule has 3 aromatic carbocycles. The molecule has 0 spiro atoms. The van der Waals surface area contributed by atoms with E-state index in [4.69, 9.17) is 4.74 Å². The number of amides is 1. The number of hydrogen-bond acceptors (Lipinski definition) is 6. The maximum Gasteiger partial charge on any atom is 0.407 e. The largest absolute Gasteiger partial charge is 0.445 e. The minimum atomic E-state index is -0.724. The van der Waals surface area contributed by atoms with Crippen LogP contribution >= 0.6 is 11.8 Å². The molecular weight excluding hydrogens is 422 g/mol. The summed E-state index contributed by atoms with van der Waals surface area (Å²) >= 11 is 1.43. The van der Waals surface area contributed by atoms with Crippen LogP contribution in [0.2, 0.25) is 0 Å². The van der Waals surface area contributed by atoms with Crippen molar-refractivity contribution in [3.8, 4) is 0 Å². The number of tetrazole rings is 1. The molecule has 162 valence electrons. The van der Waals surface area contributed by atoms with E-state index >= 15 is 0 Å². The Morgan fingerprint density at radius 2 is 1.53 bits per heavy atom. The molecule has 0 bridgehead atoms. The fraction of sp³-hybridized carbons (Fsp3) is 0.167. The number of thioether (sulfide) groups is 1. The molecule has 0 aliphatic heterocycles. The summed E-state index contributed by atoms with van der Waals surface area (Å²) in [7, 11) is 0. The van der Waals surface area contributed by atoms with Crippen molar-refractivity contribution >= 4 is 17.9 Å². The minimum absolute atomic E-state index is 0.195. The summed E-state index contributed by atoms with van der Waals surface area (Å²) in [6, 6.07) is 29.2. The van der Waals surface area contributed by atoms with Gasteiger partial charge in [0.05, 0.1) is 10.8 Å². The summed E-state index contributed by atoms with van der Waals surface area (Å²) in [5, 5.41) is 18.0. The topological polar surface area (TPSA) is 92.8 Å². The van der Waals surface area contributed by atoms with E-state index in [-0.39, 0.29) is 12.6 Å². The normalized spacial score (nSPS) is 12.2. The van der Waals surface area contributed by atoms with Crippen molar-refractivity contribution in [3.05, 3.63) is 108 Å². The van der Waals surface area contributed by atoms with Gasteiger partial charge >= 0.3 is 6.09 Å². The van der Waals surface area contributed by atoms with Crippen LogP contribution in [0.1, 0.15) is 23.6 Å². The van der Waals surface area contributed by atoms with Crippen molar-refractivity contribution < 1.29 is 9.53 Å². The van der Waals surface area contributed by atoms with E-state index in [9.17, 15) is 4.79 Å². The molecule has 0 saturated carbocycles. The Labute approximate surface area is 190 Å². The number of carbonyl (C=O) groups is 1. The predicted molar refractivity (Wildman–Crippen MR) is 123 cm³/mol. The number of alkyl carbamates (subject to hydrolysis) is 1. The molecule has 0 fully saturated rings. The van der Waals surface area contributed by atoms with Crippen LogP contribution in [-0.2, 0) is 16.1 Å². The molecule has 2 N–H and O–H groups in total. The number of H-pyrrole nitrogens is 1. The van der Waals surface area contributed by atoms with Crippen molar-refractivity contribution in [1.82, 2.24) is 25.9 Å². The van der Waals surface area contributed by atoms with Crippen LogP contribution in [0.5, 0.6) is 0 Å². The molecule has 7 nitrogen and oxygen atoms in total. The first-order valence-corrected chi connectivity index (χ1v) is 11.0. The van der Waals surface area contributed by atoms with E-state index in [1.54, 1.807) is 0 Å². The summed E-state index contributed by atoms with van der Waals surface area (Å²) in [5.74, 6) is 0. The molecule has 4 rings (SSSR count). The fourth-order valence-corrected chi connectivity index (χ4v) is 4.83. The molecule has 0 aliphatic carbocycles. The second-order valence-corrected chi connectivity index (χ2v) is 8.41. The summed E-state index contributed by atoms with van der Waals surface area (Å²) < 4.78 is 4.77. The molecule has 4 aromatic rings. The van der Waals surface area contributed by atoms with Gasteiger partial charge < -0.3 is 10.1 Å². The molecule has 0 aliphatic rings. The second kappa shape index (κ2) is 10.1. The molecule has 8 heteroatoms. The molecule has 0 radical (unpaired) electrons. The highest BCUT2D eigenvalue weighted by Crippen LogP contribution is 2.48. The fourth-order valence-electron chi connectivity index (χ4n) is 3.63. The predicted octanol–water partition coefficient (Wildman–Crippen LogP) is 4.55. The monoisotopic (exact) mass is 445 g/mol. The second-order valence-electron chi connectivity index (χ2n) is 7.19. The molecule has 1 amide bonds. The van der Waals surface area contributed by atoms with E-state index < -0.39 is 10.8 Å². The van der Waals surface area contributed by atoms with Gasteiger partial charge in [0.15, 0.2) is 0 Å². The Morgan fingerprint density at radius 1 is 0.969 bits per heavy atom. The number of rotatable bonds is 8. The van der Waals surface area contributed by atoms with Crippen molar-refractivity contribution in [2.24, 2.45) is 0 Å². The highest BCUT2D eigenvalue weighted by Gasteiger charge is 2.43. The van der Waals surface area contributed by atoms with Crippen molar-refractivity contribution in [2.75, 3.05) is 0 Å². The Balaban J connectivity index is 1.66. The molecule has 1 unspecified atom stereocenters. The maximum absolute atomic E-state index is 12.7. The summed E-state index contributed by atoms with van der Waals surface area (Å²) in [5.41, 5.74) is 2.92. The number of hydrogen-bond donors (Lipinski definition) is 2. The third kappa shape index (κ3) is 4.81. The Kier molecular flexibility index (Phi) is 6.81. The molecule has 0 saturated heterocycles. The zero-order chi connectivity index (χ0) is 22.2. The van der Waals surface area contributed by atoms with Gasteiger partial charge in [0.25, 0.3) is 0 Å². The average molecular weight is 446 g/mol. The average Bonchev–Trinajstić information content (AvgIpc) is 3.36. The van der Waals surface area contributed by atoms with Gasteiger partial charge in [-0.1, -0.05) is 103 Å². The lowest BCUT2D eigenvalue weighted by atomic mass is 9.84. The maximum atomic E-state index is 12.7. The van der Waals surface area contributed by atoms with Crippen LogP contribution in [0.25, 0.3) is 0 Å². The zero-order valence-electron chi connectivity index (χ0n) is 17.5. The summed E-state index contributed by atoms with van der Waals surface area (Å²) in [6.45, 7) is 2.15. The van der Waals surface area contributed by atoms with Crippen molar-refractivity contribution in [3.63, 3.8) is 0 Å². The Bertz CT molecular complexity index is 1070. The van der Waals surface area contributed by atoms with Gasteiger partial charge in [-0.3, -0.25) is 0 Å². The number of nitrogens with one attached hydrogen (secondary N) is 2. The van der Waals surface area contributed by atoms with Gasteiger partial charge in [0.1, 0.15) is 6.61 Å². The quantitative estimate of drug-likeness (QED) is 0.387. The molecule has 1 atom stereocenters. The first-order chi connectivity index (χ1) is 15.7. The number of benzene rings is 3. The lowest BCUT2D eigenvalue weighted by Crippen LogP contribution is -2.48. The van der Waals surface area contributed by atoms with Crippen LogP contribution in [0, 0.1) is 0 Å². The Morgan fingerprint density at radius 3 is 2.06 bits per heavy atom. The number of aromatic amines is 1. The van der Waals surface area contributed by atoms with Gasteiger partial charge in [-0.05, 0) is 28.8 Å². The lowest BCUT2D eigenvalue weighted by Gasteiger charge is -2.38. The minimum Gasteiger partial charge on any atom is -0.445 e.